The molecule has 1 amide bonds. The van der Waals surface area contributed by atoms with Crippen molar-refractivity contribution < 1.29 is 19.0 Å². The van der Waals surface area contributed by atoms with Crippen molar-refractivity contribution in [2.45, 2.75) is 0 Å². The maximum Gasteiger partial charge on any atom is 0.258 e. The normalized spacial score (nSPS) is 10.3. The quantitative estimate of drug-likeness (QED) is 0.632. The molecule has 0 atom stereocenters. The minimum absolute atomic E-state index is 0.0269. The van der Waals surface area contributed by atoms with E-state index in [-0.39, 0.29) is 12.5 Å². The van der Waals surface area contributed by atoms with Gasteiger partial charge in [-0.25, -0.2) is 0 Å². The average Bonchev–Trinajstić information content (AvgIpc) is 2.70. The Kier molecular flexibility index (Phi) is 5.93. The summed E-state index contributed by atoms with van der Waals surface area (Å²) >= 11 is 0. The molecular weight excluding hydrogens is 330 g/mol. The van der Waals surface area contributed by atoms with Crippen molar-refractivity contribution in [1.82, 2.24) is 5.32 Å². The Hall–Kier alpha value is -3.21. The number of carbonyl (C=O) groups is 1. The van der Waals surface area contributed by atoms with Crippen LogP contribution in [0.15, 0.2) is 66.7 Å². The molecule has 0 aliphatic rings. The largest absolute Gasteiger partial charge is 0.497 e. The van der Waals surface area contributed by atoms with Crippen LogP contribution in [0.25, 0.3) is 10.8 Å². The second-order valence-corrected chi connectivity index (χ2v) is 5.67. The zero-order valence-corrected chi connectivity index (χ0v) is 14.6. The molecular formula is C21H21NO4. The van der Waals surface area contributed by atoms with E-state index >= 15 is 0 Å². The predicted octanol–water partition coefficient (Wildman–Crippen LogP) is 3.42. The first-order chi connectivity index (χ1) is 12.7. The summed E-state index contributed by atoms with van der Waals surface area (Å²) in [6.07, 6.45) is 0. The number of carbonyl (C=O) groups excluding carboxylic acids is 1. The third-order valence-electron chi connectivity index (χ3n) is 3.84. The van der Waals surface area contributed by atoms with Gasteiger partial charge in [0.05, 0.1) is 13.7 Å². The van der Waals surface area contributed by atoms with E-state index in [0.717, 1.165) is 22.3 Å². The molecule has 0 bridgehead atoms. The van der Waals surface area contributed by atoms with Crippen LogP contribution in [0.5, 0.6) is 17.2 Å². The molecule has 1 N–H and O–H groups in total. The molecule has 0 fully saturated rings. The molecule has 0 spiro atoms. The average molecular weight is 351 g/mol. The number of methoxy groups -OCH3 is 1. The first-order valence-electron chi connectivity index (χ1n) is 8.40. The van der Waals surface area contributed by atoms with E-state index < -0.39 is 0 Å². The van der Waals surface area contributed by atoms with Crippen molar-refractivity contribution in [3.05, 3.63) is 66.7 Å². The Labute approximate surface area is 152 Å². The summed E-state index contributed by atoms with van der Waals surface area (Å²) in [6, 6.07) is 21.1. The van der Waals surface area contributed by atoms with Crippen LogP contribution < -0.4 is 19.5 Å². The first-order valence-corrected chi connectivity index (χ1v) is 8.40. The molecule has 3 aromatic carbocycles. The van der Waals surface area contributed by atoms with E-state index in [1.165, 1.54) is 0 Å². The molecule has 5 heteroatoms. The van der Waals surface area contributed by atoms with E-state index in [1.54, 1.807) is 7.11 Å². The molecule has 26 heavy (non-hydrogen) atoms. The zero-order chi connectivity index (χ0) is 18.2. The van der Waals surface area contributed by atoms with E-state index in [0.29, 0.717) is 18.9 Å². The molecule has 134 valence electrons. The summed E-state index contributed by atoms with van der Waals surface area (Å²) in [5, 5.41) is 4.99. The number of hydrogen-bond acceptors (Lipinski definition) is 4. The highest BCUT2D eigenvalue weighted by atomic mass is 16.5. The van der Waals surface area contributed by atoms with Gasteiger partial charge in [0.1, 0.15) is 23.9 Å². The Morgan fingerprint density at radius 1 is 0.846 bits per heavy atom. The number of benzene rings is 3. The maximum atomic E-state index is 11.9. The predicted molar refractivity (Wildman–Crippen MR) is 101 cm³/mol. The molecule has 0 saturated carbocycles. The van der Waals surface area contributed by atoms with Crippen LogP contribution in [0.3, 0.4) is 0 Å². The van der Waals surface area contributed by atoms with Gasteiger partial charge in [0, 0.05) is 0 Å². The Bertz CT molecular complexity index is 861. The SMILES string of the molecule is COc1ccc(OCCNC(=O)COc2ccc3ccccc3c2)cc1. The summed E-state index contributed by atoms with van der Waals surface area (Å²) in [5.41, 5.74) is 0. The highest BCUT2D eigenvalue weighted by Gasteiger charge is 2.03. The summed E-state index contributed by atoms with van der Waals surface area (Å²) in [4.78, 5) is 11.9. The van der Waals surface area contributed by atoms with Gasteiger partial charge in [0.25, 0.3) is 5.91 Å². The molecule has 0 heterocycles. The van der Waals surface area contributed by atoms with Gasteiger partial charge in [0.15, 0.2) is 6.61 Å². The lowest BCUT2D eigenvalue weighted by molar-refractivity contribution is -0.123. The van der Waals surface area contributed by atoms with Crippen molar-refractivity contribution in [3.63, 3.8) is 0 Å². The maximum absolute atomic E-state index is 11.9. The molecule has 0 unspecified atom stereocenters. The van der Waals surface area contributed by atoms with Crippen molar-refractivity contribution in [2.75, 3.05) is 26.9 Å². The standard InChI is InChI=1S/C21H21NO4/c1-24-18-8-10-19(11-9-18)25-13-12-22-21(23)15-26-20-7-6-16-4-2-3-5-17(16)14-20/h2-11,14H,12-13,15H2,1H3,(H,22,23). The van der Waals surface area contributed by atoms with Gasteiger partial charge in [-0.3, -0.25) is 4.79 Å². The van der Waals surface area contributed by atoms with E-state index in [9.17, 15) is 4.79 Å². The van der Waals surface area contributed by atoms with Gasteiger partial charge in [-0.05, 0) is 47.2 Å². The van der Waals surface area contributed by atoms with Crippen LogP contribution in [-0.2, 0) is 4.79 Å². The van der Waals surface area contributed by atoms with Gasteiger partial charge in [-0.15, -0.1) is 0 Å². The number of ether oxygens (including phenoxy) is 3. The second-order valence-electron chi connectivity index (χ2n) is 5.67. The fourth-order valence-electron chi connectivity index (χ4n) is 2.49. The lowest BCUT2D eigenvalue weighted by Crippen LogP contribution is -2.32. The lowest BCUT2D eigenvalue weighted by atomic mass is 10.1. The Morgan fingerprint density at radius 2 is 1.54 bits per heavy atom. The minimum atomic E-state index is -0.184. The monoisotopic (exact) mass is 351 g/mol. The number of rotatable bonds is 8. The molecule has 0 saturated heterocycles. The Morgan fingerprint density at radius 3 is 2.31 bits per heavy atom. The summed E-state index contributed by atoms with van der Waals surface area (Å²) in [5.74, 6) is 1.99. The van der Waals surface area contributed by atoms with Crippen LogP contribution in [0.4, 0.5) is 0 Å². The summed E-state index contributed by atoms with van der Waals surface area (Å²) in [6.45, 7) is 0.765. The summed E-state index contributed by atoms with van der Waals surface area (Å²) < 4.78 is 16.2. The van der Waals surface area contributed by atoms with Crippen molar-refractivity contribution in [2.24, 2.45) is 0 Å². The highest BCUT2D eigenvalue weighted by Crippen LogP contribution is 2.20. The number of fused-ring (bicyclic) bond motifs is 1. The molecule has 5 nitrogen and oxygen atoms in total. The van der Waals surface area contributed by atoms with Gasteiger partial charge >= 0.3 is 0 Å². The highest BCUT2D eigenvalue weighted by molar-refractivity contribution is 5.84. The third-order valence-corrected chi connectivity index (χ3v) is 3.84. The van der Waals surface area contributed by atoms with Gasteiger partial charge in [-0.1, -0.05) is 30.3 Å². The fourth-order valence-corrected chi connectivity index (χ4v) is 2.49. The van der Waals surface area contributed by atoms with E-state index in [2.05, 4.69) is 5.32 Å². The third kappa shape index (κ3) is 4.89. The molecule has 0 aliphatic carbocycles. The van der Waals surface area contributed by atoms with Gasteiger partial charge < -0.3 is 19.5 Å². The number of nitrogens with one attached hydrogen (secondary N) is 1. The van der Waals surface area contributed by atoms with Crippen LogP contribution in [0, 0.1) is 0 Å². The van der Waals surface area contributed by atoms with E-state index in [4.69, 9.17) is 14.2 Å². The molecule has 0 aliphatic heterocycles. The van der Waals surface area contributed by atoms with Crippen LogP contribution >= 0.6 is 0 Å². The van der Waals surface area contributed by atoms with Gasteiger partial charge in [-0.2, -0.15) is 0 Å². The van der Waals surface area contributed by atoms with Crippen molar-refractivity contribution in [1.29, 1.82) is 0 Å². The molecule has 0 radical (unpaired) electrons. The number of amides is 1. The van der Waals surface area contributed by atoms with Crippen molar-refractivity contribution in [3.8, 4) is 17.2 Å². The van der Waals surface area contributed by atoms with Crippen LogP contribution in [0.1, 0.15) is 0 Å². The van der Waals surface area contributed by atoms with Crippen LogP contribution in [-0.4, -0.2) is 32.8 Å². The smallest absolute Gasteiger partial charge is 0.258 e. The first kappa shape index (κ1) is 17.6. The molecule has 0 aromatic heterocycles. The van der Waals surface area contributed by atoms with Crippen LogP contribution in [0.2, 0.25) is 0 Å². The van der Waals surface area contributed by atoms with E-state index in [1.807, 2.05) is 66.7 Å². The lowest BCUT2D eigenvalue weighted by Gasteiger charge is -2.10. The topological polar surface area (TPSA) is 56.8 Å². The Balaban J connectivity index is 1.38. The molecule has 3 rings (SSSR count). The number of hydrogen-bond donors (Lipinski definition) is 1. The summed E-state index contributed by atoms with van der Waals surface area (Å²) in [7, 11) is 1.62. The minimum Gasteiger partial charge on any atom is -0.497 e. The zero-order valence-electron chi connectivity index (χ0n) is 14.6. The fraction of sp³-hybridized carbons (Fsp3) is 0.190. The molecule has 3 aromatic rings. The second kappa shape index (κ2) is 8.76. The van der Waals surface area contributed by atoms with Crippen molar-refractivity contribution >= 4 is 16.7 Å². The van der Waals surface area contributed by atoms with Gasteiger partial charge in [0.2, 0.25) is 0 Å².